The van der Waals surface area contributed by atoms with Crippen LogP contribution in [0.5, 0.6) is 5.75 Å². The van der Waals surface area contributed by atoms with E-state index in [-0.39, 0.29) is 6.04 Å². The SMILES string of the molecule is CCOc1ccc(C(C)N)cc1CN1CCCN(C)CC1. The Morgan fingerprint density at radius 2 is 2.05 bits per heavy atom. The van der Waals surface area contributed by atoms with Crippen LogP contribution in [0.3, 0.4) is 0 Å². The van der Waals surface area contributed by atoms with Gasteiger partial charge in [-0.1, -0.05) is 6.07 Å². The Morgan fingerprint density at radius 1 is 1.24 bits per heavy atom. The van der Waals surface area contributed by atoms with Gasteiger partial charge in [0.05, 0.1) is 6.61 Å². The molecule has 0 aliphatic carbocycles. The molecule has 1 unspecified atom stereocenters. The number of rotatable bonds is 5. The van der Waals surface area contributed by atoms with Crippen molar-refractivity contribution in [1.29, 1.82) is 0 Å². The quantitative estimate of drug-likeness (QED) is 0.903. The standard InChI is InChI=1S/C17H29N3O/c1-4-21-17-7-6-15(14(2)18)12-16(17)13-20-9-5-8-19(3)10-11-20/h6-7,12,14H,4-5,8-11,13,18H2,1-3H3. The Balaban J connectivity index is 2.13. The van der Waals surface area contributed by atoms with E-state index in [0.717, 1.165) is 31.9 Å². The monoisotopic (exact) mass is 291 g/mol. The van der Waals surface area contributed by atoms with Crippen LogP contribution in [0.1, 0.15) is 37.4 Å². The van der Waals surface area contributed by atoms with Crippen LogP contribution in [0.15, 0.2) is 18.2 Å². The summed E-state index contributed by atoms with van der Waals surface area (Å²) in [4.78, 5) is 4.92. The molecule has 1 aliphatic heterocycles. The number of benzene rings is 1. The second kappa shape index (κ2) is 7.78. The summed E-state index contributed by atoms with van der Waals surface area (Å²) < 4.78 is 5.79. The molecule has 118 valence electrons. The molecule has 1 aromatic rings. The first-order chi connectivity index (χ1) is 10.1. The predicted molar refractivity (Wildman–Crippen MR) is 87.6 cm³/mol. The van der Waals surface area contributed by atoms with Crippen LogP contribution >= 0.6 is 0 Å². The summed E-state index contributed by atoms with van der Waals surface area (Å²) in [5.41, 5.74) is 8.46. The lowest BCUT2D eigenvalue weighted by Gasteiger charge is -2.22. The number of ether oxygens (including phenoxy) is 1. The highest BCUT2D eigenvalue weighted by Crippen LogP contribution is 2.24. The van der Waals surface area contributed by atoms with Crippen LogP contribution in [-0.4, -0.2) is 49.6 Å². The normalized spacial score (nSPS) is 19.2. The second-order valence-corrected chi connectivity index (χ2v) is 6.02. The van der Waals surface area contributed by atoms with Crippen molar-refractivity contribution in [2.75, 3.05) is 39.8 Å². The lowest BCUT2D eigenvalue weighted by Crippen LogP contribution is -2.28. The number of hydrogen-bond donors (Lipinski definition) is 1. The maximum Gasteiger partial charge on any atom is 0.123 e. The van der Waals surface area contributed by atoms with Crippen molar-refractivity contribution in [2.24, 2.45) is 5.73 Å². The Hall–Kier alpha value is -1.10. The van der Waals surface area contributed by atoms with E-state index in [1.165, 1.54) is 24.1 Å². The van der Waals surface area contributed by atoms with E-state index < -0.39 is 0 Å². The maximum atomic E-state index is 6.02. The fraction of sp³-hybridized carbons (Fsp3) is 0.647. The molecular weight excluding hydrogens is 262 g/mol. The first kappa shape index (κ1) is 16.3. The largest absolute Gasteiger partial charge is 0.494 e. The molecular formula is C17H29N3O. The molecule has 1 saturated heterocycles. The minimum absolute atomic E-state index is 0.0645. The van der Waals surface area contributed by atoms with Gasteiger partial charge in [0.1, 0.15) is 5.75 Å². The molecule has 4 nitrogen and oxygen atoms in total. The van der Waals surface area contributed by atoms with Gasteiger partial charge in [0, 0.05) is 31.2 Å². The molecule has 1 aliphatic rings. The average molecular weight is 291 g/mol. The fourth-order valence-corrected chi connectivity index (χ4v) is 2.80. The molecule has 0 radical (unpaired) electrons. The van der Waals surface area contributed by atoms with Crippen molar-refractivity contribution in [3.63, 3.8) is 0 Å². The highest BCUT2D eigenvalue weighted by molar-refractivity contribution is 5.38. The molecule has 1 atom stereocenters. The zero-order valence-electron chi connectivity index (χ0n) is 13.6. The zero-order valence-corrected chi connectivity index (χ0v) is 13.6. The van der Waals surface area contributed by atoms with Crippen molar-refractivity contribution in [3.8, 4) is 5.75 Å². The molecule has 2 N–H and O–H groups in total. The van der Waals surface area contributed by atoms with Crippen LogP contribution in [0.4, 0.5) is 0 Å². The lowest BCUT2D eigenvalue weighted by molar-refractivity contribution is 0.261. The minimum Gasteiger partial charge on any atom is -0.494 e. The van der Waals surface area contributed by atoms with Gasteiger partial charge < -0.3 is 15.4 Å². The number of likely N-dealkylation sites (N-methyl/N-ethyl adjacent to an activating group) is 1. The maximum absolute atomic E-state index is 6.02. The predicted octanol–water partition coefficient (Wildman–Crippen LogP) is 2.24. The van der Waals surface area contributed by atoms with Gasteiger partial charge in [0.25, 0.3) is 0 Å². The molecule has 0 spiro atoms. The molecule has 0 amide bonds. The summed E-state index contributed by atoms with van der Waals surface area (Å²) in [7, 11) is 2.20. The van der Waals surface area contributed by atoms with Crippen LogP contribution in [0, 0.1) is 0 Å². The molecule has 0 aromatic heterocycles. The molecule has 21 heavy (non-hydrogen) atoms. The molecule has 0 bridgehead atoms. The fourth-order valence-electron chi connectivity index (χ4n) is 2.80. The second-order valence-electron chi connectivity index (χ2n) is 6.02. The van der Waals surface area contributed by atoms with Gasteiger partial charge in [-0.05, 0) is 58.1 Å². The van der Waals surface area contributed by atoms with Gasteiger partial charge in [-0.3, -0.25) is 4.90 Å². The summed E-state index contributed by atoms with van der Waals surface area (Å²) in [6, 6.07) is 6.43. The topological polar surface area (TPSA) is 41.7 Å². The van der Waals surface area contributed by atoms with Gasteiger partial charge in [0.15, 0.2) is 0 Å². The third kappa shape index (κ3) is 4.70. The Kier molecular flexibility index (Phi) is 6.03. The third-order valence-electron chi connectivity index (χ3n) is 4.12. The average Bonchev–Trinajstić information content (AvgIpc) is 2.66. The van der Waals surface area contributed by atoms with E-state index in [4.69, 9.17) is 10.5 Å². The summed E-state index contributed by atoms with van der Waals surface area (Å²) in [5, 5.41) is 0. The van der Waals surface area contributed by atoms with E-state index in [1.54, 1.807) is 0 Å². The number of hydrogen-bond acceptors (Lipinski definition) is 4. The first-order valence-electron chi connectivity index (χ1n) is 8.02. The van der Waals surface area contributed by atoms with Crippen molar-refractivity contribution in [1.82, 2.24) is 9.80 Å². The molecule has 2 rings (SSSR count). The van der Waals surface area contributed by atoms with Gasteiger partial charge in [0.2, 0.25) is 0 Å². The molecule has 1 heterocycles. The van der Waals surface area contributed by atoms with Gasteiger partial charge in [-0.25, -0.2) is 0 Å². The van der Waals surface area contributed by atoms with E-state index >= 15 is 0 Å². The van der Waals surface area contributed by atoms with Crippen molar-refractivity contribution < 1.29 is 4.74 Å². The van der Waals surface area contributed by atoms with Crippen LogP contribution in [0.2, 0.25) is 0 Å². The highest BCUT2D eigenvalue weighted by atomic mass is 16.5. The number of nitrogens with two attached hydrogens (primary N) is 1. The zero-order chi connectivity index (χ0) is 15.2. The van der Waals surface area contributed by atoms with Crippen LogP contribution in [-0.2, 0) is 6.54 Å². The van der Waals surface area contributed by atoms with Crippen molar-refractivity contribution in [2.45, 2.75) is 32.9 Å². The molecule has 4 heteroatoms. The third-order valence-corrected chi connectivity index (χ3v) is 4.12. The summed E-state index contributed by atoms with van der Waals surface area (Å²) in [6.07, 6.45) is 1.23. The van der Waals surface area contributed by atoms with Crippen molar-refractivity contribution in [3.05, 3.63) is 29.3 Å². The molecule has 1 fully saturated rings. The molecule has 1 aromatic carbocycles. The van der Waals surface area contributed by atoms with E-state index in [2.05, 4.69) is 35.0 Å². The molecule has 0 saturated carbocycles. The first-order valence-corrected chi connectivity index (χ1v) is 8.02. The highest BCUT2D eigenvalue weighted by Gasteiger charge is 2.15. The van der Waals surface area contributed by atoms with Crippen molar-refractivity contribution >= 4 is 0 Å². The van der Waals surface area contributed by atoms with Crippen LogP contribution < -0.4 is 10.5 Å². The number of nitrogens with zero attached hydrogens (tertiary/aromatic N) is 2. The van der Waals surface area contributed by atoms with E-state index in [1.807, 2.05) is 13.8 Å². The minimum atomic E-state index is 0.0645. The summed E-state index contributed by atoms with van der Waals surface area (Å²) in [5.74, 6) is 1.000. The Morgan fingerprint density at radius 3 is 2.76 bits per heavy atom. The Labute approximate surface area is 128 Å². The summed E-state index contributed by atoms with van der Waals surface area (Å²) >= 11 is 0. The van der Waals surface area contributed by atoms with Gasteiger partial charge >= 0.3 is 0 Å². The smallest absolute Gasteiger partial charge is 0.123 e. The van der Waals surface area contributed by atoms with Crippen LogP contribution in [0.25, 0.3) is 0 Å². The van der Waals surface area contributed by atoms with E-state index in [9.17, 15) is 0 Å². The Bertz CT molecular complexity index is 448. The van der Waals surface area contributed by atoms with E-state index in [0.29, 0.717) is 6.61 Å². The lowest BCUT2D eigenvalue weighted by atomic mass is 10.0. The van der Waals surface area contributed by atoms with Gasteiger partial charge in [-0.2, -0.15) is 0 Å². The summed E-state index contributed by atoms with van der Waals surface area (Å²) in [6.45, 7) is 10.3. The van der Waals surface area contributed by atoms with Gasteiger partial charge in [-0.15, -0.1) is 0 Å².